The molecule has 4 nitrogen and oxygen atoms in total. The zero-order valence-corrected chi connectivity index (χ0v) is 10.4. The van der Waals surface area contributed by atoms with Crippen molar-refractivity contribution >= 4 is 5.97 Å². The number of benzene rings is 1. The second kappa shape index (κ2) is 5.40. The summed E-state index contributed by atoms with van der Waals surface area (Å²) in [5.74, 6) is 0.385. The first-order valence-corrected chi connectivity index (χ1v) is 5.65. The van der Waals surface area contributed by atoms with Crippen LogP contribution in [0.2, 0.25) is 0 Å². The van der Waals surface area contributed by atoms with Gasteiger partial charge in [-0.1, -0.05) is 30.3 Å². The van der Waals surface area contributed by atoms with E-state index < -0.39 is 0 Å². The predicted molar refractivity (Wildman–Crippen MR) is 67.9 cm³/mol. The van der Waals surface area contributed by atoms with Crippen LogP contribution in [0.3, 0.4) is 0 Å². The van der Waals surface area contributed by atoms with Crippen LogP contribution in [0.15, 0.2) is 36.5 Å². The van der Waals surface area contributed by atoms with Gasteiger partial charge in [0.15, 0.2) is 5.82 Å². The SMILES string of the molecule is COC(=O)Cc1cnc(-c2ccccc2)nc1C. The molecule has 0 aliphatic carbocycles. The molecule has 0 bridgehead atoms. The average Bonchev–Trinajstić information content (AvgIpc) is 2.42. The smallest absolute Gasteiger partial charge is 0.310 e. The first-order chi connectivity index (χ1) is 8.70. The van der Waals surface area contributed by atoms with E-state index in [1.807, 2.05) is 37.3 Å². The Labute approximate surface area is 106 Å². The fraction of sp³-hybridized carbons (Fsp3) is 0.214. The molecule has 0 saturated carbocycles. The van der Waals surface area contributed by atoms with Gasteiger partial charge in [-0.3, -0.25) is 4.79 Å². The van der Waals surface area contributed by atoms with Crippen molar-refractivity contribution in [2.24, 2.45) is 0 Å². The van der Waals surface area contributed by atoms with Gasteiger partial charge in [0.2, 0.25) is 0 Å². The quantitative estimate of drug-likeness (QED) is 0.774. The number of hydrogen-bond donors (Lipinski definition) is 0. The van der Waals surface area contributed by atoms with Crippen molar-refractivity contribution in [3.05, 3.63) is 47.8 Å². The van der Waals surface area contributed by atoms with Gasteiger partial charge in [0.1, 0.15) is 0 Å². The summed E-state index contributed by atoms with van der Waals surface area (Å²) in [4.78, 5) is 19.9. The monoisotopic (exact) mass is 242 g/mol. The van der Waals surface area contributed by atoms with Crippen LogP contribution in [0.5, 0.6) is 0 Å². The maximum absolute atomic E-state index is 11.2. The third-order valence-electron chi connectivity index (χ3n) is 2.68. The van der Waals surface area contributed by atoms with Crippen LogP contribution in [0.4, 0.5) is 0 Å². The van der Waals surface area contributed by atoms with E-state index in [1.165, 1.54) is 7.11 Å². The van der Waals surface area contributed by atoms with E-state index in [-0.39, 0.29) is 12.4 Å². The Morgan fingerprint density at radius 3 is 2.61 bits per heavy atom. The number of carbonyl (C=O) groups is 1. The van der Waals surface area contributed by atoms with E-state index in [2.05, 4.69) is 14.7 Å². The second-order valence-electron chi connectivity index (χ2n) is 3.92. The van der Waals surface area contributed by atoms with Crippen molar-refractivity contribution in [2.75, 3.05) is 7.11 Å². The molecule has 0 amide bonds. The van der Waals surface area contributed by atoms with Crippen LogP contribution in [-0.2, 0) is 16.0 Å². The van der Waals surface area contributed by atoms with Crippen molar-refractivity contribution in [2.45, 2.75) is 13.3 Å². The Morgan fingerprint density at radius 2 is 2.00 bits per heavy atom. The van der Waals surface area contributed by atoms with Gasteiger partial charge in [-0.25, -0.2) is 9.97 Å². The predicted octanol–water partition coefficient (Wildman–Crippen LogP) is 2.17. The van der Waals surface area contributed by atoms with E-state index in [0.29, 0.717) is 5.82 Å². The topological polar surface area (TPSA) is 52.1 Å². The zero-order chi connectivity index (χ0) is 13.0. The molecule has 1 aromatic carbocycles. The minimum absolute atomic E-state index is 0.206. The number of aryl methyl sites for hydroxylation is 1. The van der Waals surface area contributed by atoms with E-state index in [4.69, 9.17) is 0 Å². The van der Waals surface area contributed by atoms with Crippen LogP contribution in [0.25, 0.3) is 11.4 Å². The highest BCUT2D eigenvalue weighted by atomic mass is 16.5. The highest BCUT2D eigenvalue weighted by Gasteiger charge is 2.09. The molecule has 1 heterocycles. The molecule has 0 unspecified atom stereocenters. The minimum atomic E-state index is -0.283. The number of methoxy groups -OCH3 is 1. The average molecular weight is 242 g/mol. The molecular formula is C14H14N2O2. The Hall–Kier alpha value is -2.23. The number of hydrogen-bond acceptors (Lipinski definition) is 4. The molecule has 4 heteroatoms. The van der Waals surface area contributed by atoms with Crippen LogP contribution in [0, 0.1) is 6.92 Å². The molecule has 1 aromatic heterocycles. The molecule has 2 rings (SSSR count). The number of ether oxygens (including phenoxy) is 1. The Morgan fingerprint density at radius 1 is 1.28 bits per heavy atom. The lowest BCUT2D eigenvalue weighted by molar-refractivity contribution is -0.139. The Balaban J connectivity index is 2.28. The molecule has 0 radical (unpaired) electrons. The molecule has 92 valence electrons. The van der Waals surface area contributed by atoms with Gasteiger partial charge in [0.05, 0.1) is 13.5 Å². The van der Waals surface area contributed by atoms with Crippen molar-refractivity contribution in [1.29, 1.82) is 0 Å². The molecule has 0 aliphatic heterocycles. The fourth-order valence-corrected chi connectivity index (χ4v) is 1.62. The minimum Gasteiger partial charge on any atom is -0.469 e. The van der Waals surface area contributed by atoms with E-state index in [9.17, 15) is 4.79 Å². The van der Waals surface area contributed by atoms with E-state index >= 15 is 0 Å². The van der Waals surface area contributed by atoms with Crippen molar-refractivity contribution in [3.8, 4) is 11.4 Å². The summed E-state index contributed by atoms with van der Waals surface area (Å²) in [6.07, 6.45) is 1.89. The van der Waals surface area contributed by atoms with Gasteiger partial charge in [0, 0.05) is 23.0 Å². The molecule has 18 heavy (non-hydrogen) atoms. The maximum atomic E-state index is 11.2. The molecule has 0 fully saturated rings. The Kier molecular flexibility index (Phi) is 3.67. The number of esters is 1. The normalized spacial score (nSPS) is 10.1. The zero-order valence-electron chi connectivity index (χ0n) is 10.4. The van der Waals surface area contributed by atoms with Gasteiger partial charge in [0.25, 0.3) is 0 Å². The largest absolute Gasteiger partial charge is 0.469 e. The van der Waals surface area contributed by atoms with Gasteiger partial charge in [-0.05, 0) is 6.92 Å². The summed E-state index contributed by atoms with van der Waals surface area (Å²) in [6.45, 7) is 1.87. The van der Waals surface area contributed by atoms with Gasteiger partial charge >= 0.3 is 5.97 Å². The first-order valence-electron chi connectivity index (χ1n) is 5.65. The summed E-state index contributed by atoms with van der Waals surface area (Å²) in [7, 11) is 1.37. The summed E-state index contributed by atoms with van der Waals surface area (Å²) in [6, 6.07) is 9.73. The second-order valence-corrected chi connectivity index (χ2v) is 3.92. The Bertz CT molecular complexity index is 553. The molecule has 2 aromatic rings. The maximum Gasteiger partial charge on any atom is 0.310 e. The lowest BCUT2D eigenvalue weighted by Crippen LogP contribution is -2.07. The molecule has 0 aliphatic rings. The third kappa shape index (κ3) is 2.71. The van der Waals surface area contributed by atoms with Crippen molar-refractivity contribution in [3.63, 3.8) is 0 Å². The van der Waals surface area contributed by atoms with Crippen LogP contribution in [0.1, 0.15) is 11.3 Å². The van der Waals surface area contributed by atoms with Crippen molar-refractivity contribution in [1.82, 2.24) is 9.97 Å². The van der Waals surface area contributed by atoms with Crippen LogP contribution in [-0.4, -0.2) is 23.0 Å². The number of aromatic nitrogens is 2. The number of carbonyl (C=O) groups excluding carboxylic acids is 1. The highest BCUT2D eigenvalue weighted by molar-refractivity contribution is 5.72. The van der Waals surface area contributed by atoms with Crippen molar-refractivity contribution < 1.29 is 9.53 Å². The molecule has 0 spiro atoms. The van der Waals surface area contributed by atoms with Crippen LogP contribution < -0.4 is 0 Å². The lowest BCUT2D eigenvalue weighted by Gasteiger charge is -2.06. The first kappa shape index (κ1) is 12.2. The number of nitrogens with zero attached hydrogens (tertiary/aromatic N) is 2. The fourth-order valence-electron chi connectivity index (χ4n) is 1.62. The van der Waals surface area contributed by atoms with Gasteiger partial charge in [-0.2, -0.15) is 0 Å². The van der Waals surface area contributed by atoms with E-state index in [1.54, 1.807) is 6.20 Å². The van der Waals surface area contributed by atoms with Gasteiger partial charge in [-0.15, -0.1) is 0 Å². The van der Waals surface area contributed by atoms with Crippen LogP contribution >= 0.6 is 0 Å². The summed E-state index contributed by atoms with van der Waals surface area (Å²) >= 11 is 0. The molecule has 0 atom stereocenters. The standard InChI is InChI=1S/C14H14N2O2/c1-10-12(8-13(17)18-2)9-15-14(16-10)11-6-4-3-5-7-11/h3-7,9H,8H2,1-2H3. The number of rotatable bonds is 3. The lowest BCUT2D eigenvalue weighted by atomic mass is 10.1. The summed E-state index contributed by atoms with van der Waals surface area (Å²) < 4.78 is 4.63. The summed E-state index contributed by atoms with van der Waals surface area (Å²) in [5, 5.41) is 0. The third-order valence-corrected chi connectivity index (χ3v) is 2.68. The molecule has 0 saturated heterocycles. The highest BCUT2D eigenvalue weighted by Crippen LogP contribution is 2.15. The van der Waals surface area contributed by atoms with E-state index in [0.717, 1.165) is 16.8 Å². The van der Waals surface area contributed by atoms with Gasteiger partial charge < -0.3 is 4.74 Å². The molecular weight excluding hydrogens is 228 g/mol. The summed E-state index contributed by atoms with van der Waals surface area (Å²) in [5.41, 5.74) is 2.56. The molecule has 0 N–H and O–H groups in total.